The Morgan fingerprint density at radius 2 is 1.93 bits per heavy atom. The van der Waals surface area contributed by atoms with Crippen molar-refractivity contribution in [3.63, 3.8) is 0 Å². The summed E-state index contributed by atoms with van der Waals surface area (Å²) in [6.07, 6.45) is 7.09. The number of nitrogens with zero attached hydrogens (tertiary/aromatic N) is 1. The number of benzene rings is 1. The molecule has 144 valence electrons. The Hall–Kier alpha value is -1.85. The summed E-state index contributed by atoms with van der Waals surface area (Å²) >= 11 is 1.95. The smallest absolute Gasteiger partial charge is 0.227 e. The fourth-order valence-corrected chi connectivity index (χ4v) is 5.35. The van der Waals surface area contributed by atoms with E-state index in [2.05, 4.69) is 15.6 Å². The Bertz CT molecular complexity index is 776. The van der Waals surface area contributed by atoms with Crippen LogP contribution in [0.5, 0.6) is 5.75 Å². The van der Waals surface area contributed by atoms with Gasteiger partial charge in [0.2, 0.25) is 5.91 Å². The van der Waals surface area contributed by atoms with Crippen LogP contribution in [-0.4, -0.2) is 31.0 Å². The molecule has 1 amide bonds. The highest BCUT2D eigenvalue weighted by atomic mass is 32.1. The first-order valence-electron chi connectivity index (χ1n) is 9.98. The number of rotatable bonds is 5. The summed E-state index contributed by atoms with van der Waals surface area (Å²) in [6.45, 7) is 3.06. The first kappa shape index (κ1) is 18.5. The van der Waals surface area contributed by atoms with Gasteiger partial charge >= 0.3 is 0 Å². The average Bonchev–Trinajstić information content (AvgIpc) is 3.12. The Morgan fingerprint density at radius 3 is 2.67 bits per heavy atom. The molecular weight excluding hydrogens is 356 g/mol. The standard InChI is InChI=1S/C22H28N2O2S/c1-26-19-8-6-18(7-9-19)23-22(25)16-10-12-24(13-11-16)14-17-15-27-21-5-3-2-4-20(17)21/h6-9,15-16H,2-5,10-14H2,1H3,(H,23,25). The molecule has 4 rings (SSSR count). The SMILES string of the molecule is COc1ccc(NC(=O)C2CCN(Cc3csc4c3CCCC4)CC2)cc1. The predicted molar refractivity (Wildman–Crippen MR) is 111 cm³/mol. The molecule has 1 saturated heterocycles. The van der Waals surface area contributed by atoms with Crippen LogP contribution >= 0.6 is 11.3 Å². The monoisotopic (exact) mass is 384 g/mol. The van der Waals surface area contributed by atoms with Crippen LogP contribution < -0.4 is 10.1 Å². The van der Waals surface area contributed by atoms with Crippen molar-refractivity contribution in [2.24, 2.45) is 5.92 Å². The van der Waals surface area contributed by atoms with Gasteiger partial charge in [0.15, 0.2) is 0 Å². The fraction of sp³-hybridized carbons (Fsp3) is 0.500. The van der Waals surface area contributed by atoms with Crippen LogP contribution in [0, 0.1) is 5.92 Å². The van der Waals surface area contributed by atoms with E-state index in [9.17, 15) is 4.79 Å². The number of piperidine rings is 1. The van der Waals surface area contributed by atoms with Gasteiger partial charge in [-0.3, -0.25) is 9.69 Å². The van der Waals surface area contributed by atoms with E-state index >= 15 is 0 Å². The molecule has 0 saturated carbocycles. The van der Waals surface area contributed by atoms with E-state index in [0.29, 0.717) is 0 Å². The minimum Gasteiger partial charge on any atom is -0.497 e. The highest BCUT2D eigenvalue weighted by molar-refractivity contribution is 7.10. The molecule has 0 radical (unpaired) electrons. The van der Waals surface area contributed by atoms with Crippen molar-refractivity contribution in [1.29, 1.82) is 0 Å². The van der Waals surface area contributed by atoms with E-state index in [1.54, 1.807) is 17.6 Å². The molecule has 1 aromatic heterocycles. The zero-order chi connectivity index (χ0) is 18.6. The third-order valence-electron chi connectivity index (χ3n) is 5.86. The Balaban J connectivity index is 1.28. The van der Waals surface area contributed by atoms with Gasteiger partial charge < -0.3 is 10.1 Å². The summed E-state index contributed by atoms with van der Waals surface area (Å²) < 4.78 is 5.16. The van der Waals surface area contributed by atoms with Crippen LogP contribution in [0.15, 0.2) is 29.6 Å². The molecule has 1 aliphatic heterocycles. The second kappa shape index (κ2) is 8.44. The zero-order valence-corrected chi connectivity index (χ0v) is 16.8. The van der Waals surface area contributed by atoms with E-state index in [4.69, 9.17) is 4.74 Å². The summed E-state index contributed by atoms with van der Waals surface area (Å²) in [7, 11) is 1.65. The molecule has 4 nitrogen and oxygen atoms in total. The van der Waals surface area contributed by atoms with Crippen molar-refractivity contribution in [2.45, 2.75) is 45.1 Å². The third kappa shape index (κ3) is 4.36. The van der Waals surface area contributed by atoms with Crippen LogP contribution in [0.25, 0.3) is 0 Å². The third-order valence-corrected chi connectivity index (χ3v) is 7.00. The number of hydrogen-bond donors (Lipinski definition) is 1. The number of ether oxygens (including phenoxy) is 1. The number of aryl methyl sites for hydroxylation is 1. The number of methoxy groups -OCH3 is 1. The van der Waals surface area contributed by atoms with Gasteiger partial charge in [0, 0.05) is 23.0 Å². The van der Waals surface area contributed by atoms with Gasteiger partial charge in [0.1, 0.15) is 5.75 Å². The molecule has 27 heavy (non-hydrogen) atoms. The van der Waals surface area contributed by atoms with Crippen molar-refractivity contribution < 1.29 is 9.53 Å². The number of fused-ring (bicyclic) bond motifs is 1. The number of anilines is 1. The summed E-state index contributed by atoms with van der Waals surface area (Å²) in [6, 6.07) is 7.54. The van der Waals surface area contributed by atoms with E-state index in [1.807, 2.05) is 35.6 Å². The molecule has 0 unspecified atom stereocenters. The van der Waals surface area contributed by atoms with E-state index in [0.717, 1.165) is 43.9 Å². The number of hydrogen-bond acceptors (Lipinski definition) is 4. The summed E-state index contributed by atoms with van der Waals surface area (Å²) in [5, 5.41) is 5.43. The average molecular weight is 385 g/mol. The number of carbonyl (C=O) groups is 1. The van der Waals surface area contributed by atoms with Crippen molar-refractivity contribution in [3.8, 4) is 5.75 Å². The molecule has 1 aromatic carbocycles. The Kier molecular flexibility index (Phi) is 5.79. The maximum absolute atomic E-state index is 12.6. The molecule has 1 N–H and O–H groups in total. The van der Waals surface area contributed by atoms with Gasteiger partial charge in [0.25, 0.3) is 0 Å². The number of amides is 1. The molecule has 1 aliphatic carbocycles. The summed E-state index contributed by atoms with van der Waals surface area (Å²) in [5.41, 5.74) is 4.01. The van der Waals surface area contributed by atoms with Gasteiger partial charge in [-0.15, -0.1) is 11.3 Å². The molecule has 0 spiro atoms. The fourth-order valence-electron chi connectivity index (χ4n) is 4.21. The first-order chi connectivity index (χ1) is 13.2. The van der Waals surface area contributed by atoms with Gasteiger partial charge in [0.05, 0.1) is 7.11 Å². The lowest BCUT2D eigenvalue weighted by Crippen LogP contribution is -2.37. The summed E-state index contributed by atoms with van der Waals surface area (Å²) in [5.74, 6) is 1.06. The maximum Gasteiger partial charge on any atom is 0.227 e. The minimum atomic E-state index is 0.111. The number of carbonyl (C=O) groups excluding carboxylic acids is 1. The van der Waals surface area contributed by atoms with Crippen LogP contribution in [0.2, 0.25) is 0 Å². The van der Waals surface area contributed by atoms with Crippen LogP contribution in [0.4, 0.5) is 5.69 Å². The normalized spacial score (nSPS) is 18.1. The highest BCUT2D eigenvalue weighted by Gasteiger charge is 2.26. The van der Waals surface area contributed by atoms with Gasteiger partial charge in [-0.1, -0.05) is 0 Å². The van der Waals surface area contributed by atoms with E-state index in [-0.39, 0.29) is 11.8 Å². The Labute approximate surface area is 165 Å². The predicted octanol–water partition coefficient (Wildman–Crippen LogP) is 4.49. The number of thiophene rings is 1. The molecular formula is C22H28N2O2S. The van der Waals surface area contributed by atoms with E-state index in [1.165, 1.54) is 31.2 Å². The Morgan fingerprint density at radius 1 is 1.19 bits per heavy atom. The van der Waals surface area contributed by atoms with Crippen molar-refractivity contribution >= 4 is 22.9 Å². The molecule has 1 fully saturated rings. The quantitative estimate of drug-likeness (QED) is 0.826. The highest BCUT2D eigenvalue weighted by Crippen LogP contribution is 2.32. The first-order valence-corrected chi connectivity index (χ1v) is 10.9. The van der Waals surface area contributed by atoms with Gasteiger partial charge in [-0.05, 0) is 92.4 Å². The van der Waals surface area contributed by atoms with E-state index < -0.39 is 0 Å². The molecule has 2 aromatic rings. The van der Waals surface area contributed by atoms with Crippen molar-refractivity contribution in [2.75, 3.05) is 25.5 Å². The molecule has 0 bridgehead atoms. The number of nitrogens with one attached hydrogen (secondary N) is 1. The second-order valence-corrected chi connectivity index (χ2v) is 8.60. The van der Waals surface area contributed by atoms with Crippen molar-refractivity contribution in [1.82, 2.24) is 4.90 Å². The molecule has 2 heterocycles. The van der Waals surface area contributed by atoms with Crippen LogP contribution in [0.1, 0.15) is 41.7 Å². The zero-order valence-electron chi connectivity index (χ0n) is 16.0. The number of likely N-dealkylation sites (tertiary alicyclic amines) is 1. The summed E-state index contributed by atoms with van der Waals surface area (Å²) in [4.78, 5) is 16.7. The van der Waals surface area contributed by atoms with Gasteiger partial charge in [-0.2, -0.15) is 0 Å². The lowest BCUT2D eigenvalue weighted by atomic mass is 9.93. The lowest BCUT2D eigenvalue weighted by Gasteiger charge is -2.31. The van der Waals surface area contributed by atoms with Gasteiger partial charge in [-0.25, -0.2) is 0 Å². The topological polar surface area (TPSA) is 41.6 Å². The van der Waals surface area contributed by atoms with Crippen LogP contribution in [0.3, 0.4) is 0 Å². The minimum absolute atomic E-state index is 0.111. The second-order valence-electron chi connectivity index (χ2n) is 7.64. The molecule has 0 atom stereocenters. The molecule has 5 heteroatoms. The van der Waals surface area contributed by atoms with Crippen molar-refractivity contribution in [3.05, 3.63) is 45.6 Å². The molecule has 2 aliphatic rings. The lowest BCUT2D eigenvalue weighted by molar-refractivity contribution is -0.121. The van der Waals surface area contributed by atoms with Crippen LogP contribution in [-0.2, 0) is 24.2 Å². The largest absolute Gasteiger partial charge is 0.497 e. The maximum atomic E-state index is 12.6.